The first-order valence-corrected chi connectivity index (χ1v) is 7.77. The molecule has 1 saturated heterocycles. The van der Waals surface area contributed by atoms with Crippen molar-refractivity contribution in [1.82, 2.24) is 25.3 Å². The maximum atomic E-state index is 4.22. The number of aromatic nitrogens is 4. The predicted molar refractivity (Wildman–Crippen MR) is 85.6 cm³/mol. The smallest absolute Gasteiger partial charge is 0.151 e. The first-order valence-electron chi connectivity index (χ1n) is 7.77. The number of nitrogens with zero attached hydrogens (tertiary/aromatic N) is 6. The molecule has 6 heteroatoms. The van der Waals surface area contributed by atoms with E-state index in [1.54, 1.807) is 6.20 Å². The molecule has 116 valence electrons. The van der Waals surface area contributed by atoms with Crippen LogP contribution < -0.4 is 4.90 Å². The average molecular weight is 298 g/mol. The highest BCUT2D eigenvalue weighted by Crippen LogP contribution is 2.15. The fourth-order valence-electron chi connectivity index (χ4n) is 2.82. The molecule has 6 nitrogen and oxygen atoms in total. The van der Waals surface area contributed by atoms with Gasteiger partial charge in [0, 0.05) is 38.9 Å². The van der Waals surface area contributed by atoms with Crippen molar-refractivity contribution in [2.45, 2.75) is 26.8 Å². The first-order chi connectivity index (χ1) is 10.7. The van der Waals surface area contributed by atoms with E-state index in [4.69, 9.17) is 0 Å². The maximum Gasteiger partial charge on any atom is 0.151 e. The van der Waals surface area contributed by atoms with E-state index in [2.05, 4.69) is 36.3 Å². The molecule has 0 atom stereocenters. The second-order valence-corrected chi connectivity index (χ2v) is 5.79. The van der Waals surface area contributed by atoms with Crippen LogP contribution in [0.25, 0.3) is 0 Å². The van der Waals surface area contributed by atoms with Gasteiger partial charge in [0.15, 0.2) is 5.82 Å². The molecule has 0 unspecified atom stereocenters. The molecule has 2 aromatic heterocycles. The Morgan fingerprint density at radius 3 is 2.77 bits per heavy atom. The van der Waals surface area contributed by atoms with Crippen LogP contribution in [0.3, 0.4) is 0 Å². The van der Waals surface area contributed by atoms with Crippen LogP contribution in [0, 0.1) is 13.8 Å². The molecule has 0 amide bonds. The highest BCUT2D eigenvalue weighted by Gasteiger charge is 2.17. The summed E-state index contributed by atoms with van der Waals surface area (Å²) in [7, 11) is 0. The van der Waals surface area contributed by atoms with Crippen LogP contribution in [0.1, 0.15) is 23.4 Å². The lowest BCUT2D eigenvalue weighted by Gasteiger charge is -2.22. The monoisotopic (exact) mass is 298 g/mol. The van der Waals surface area contributed by atoms with Crippen molar-refractivity contribution in [3.05, 3.63) is 41.3 Å². The van der Waals surface area contributed by atoms with Crippen LogP contribution in [-0.2, 0) is 6.54 Å². The molecular formula is C16H22N6. The Morgan fingerprint density at radius 1 is 1.05 bits per heavy atom. The molecule has 22 heavy (non-hydrogen) atoms. The van der Waals surface area contributed by atoms with E-state index in [0.29, 0.717) is 0 Å². The molecule has 0 N–H and O–H groups in total. The maximum absolute atomic E-state index is 4.22. The summed E-state index contributed by atoms with van der Waals surface area (Å²) in [6.45, 7) is 9.10. The van der Waals surface area contributed by atoms with Crippen molar-refractivity contribution in [3.8, 4) is 0 Å². The van der Waals surface area contributed by atoms with Gasteiger partial charge in [-0.2, -0.15) is 15.3 Å². The minimum Gasteiger partial charge on any atom is -0.354 e. The van der Waals surface area contributed by atoms with E-state index in [1.165, 1.54) is 5.56 Å². The van der Waals surface area contributed by atoms with Crippen molar-refractivity contribution >= 4 is 5.82 Å². The van der Waals surface area contributed by atoms with E-state index in [0.717, 1.165) is 56.4 Å². The average Bonchev–Trinajstić information content (AvgIpc) is 2.77. The molecule has 0 radical (unpaired) electrons. The van der Waals surface area contributed by atoms with Gasteiger partial charge in [0.2, 0.25) is 0 Å². The number of hydrogen-bond acceptors (Lipinski definition) is 6. The topological polar surface area (TPSA) is 58.0 Å². The lowest BCUT2D eigenvalue weighted by Crippen LogP contribution is -2.31. The lowest BCUT2D eigenvalue weighted by atomic mass is 10.2. The zero-order valence-electron chi connectivity index (χ0n) is 13.2. The molecule has 1 fully saturated rings. The third kappa shape index (κ3) is 3.57. The van der Waals surface area contributed by atoms with E-state index >= 15 is 0 Å². The van der Waals surface area contributed by atoms with Gasteiger partial charge < -0.3 is 4.90 Å². The molecular weight excluding hydrogens is 276 g/mol. The SMILES string of the molecule is Cc1cc(CN2CCCN(c3cccnn3)CC2)c(C)nn1. The summed E-state index contributed by atoms with van der Waals surface area (Å²) < 4.78 is 0. The quantitative estimate of drug-likeness (QED) is 0.858. The Morgan fingerprint density at radius 2 is 1.95 bits per heavy atom. The number of rotatable bonds is 3. The molecule has 1 aliphatic rings. The standard InChI is InChI=1S/C16H22N6/c1-13-11-15(14(2)19-18-13)12-21-7-4-8-22(10-9-21)16-5-3-6-17-20-16/h3,5-6,11H,4,7-10,12H2,1-2H3. The van der Waals surface area contributed by atoms with Crippen LogP contribution in [0.4, 0.5) is 5.82 Å². The zero-order chi connectivity index (χ0) is 15.4. The first kappa shape index (κ1) is 14.8. The summed E-state index contributed by atoms with van der Waals surface area (Å²) >= 11 is 0. The molecule has 0 saturated carbocycles. The molecule has 2 aromatic rings. The molecule has 0 aliphatic carbocycles. The molecule has 3 heterocycles. The third-order valence-electron chi connectivity index (χ3n) is 4.07. The minimum absolute atomic E-state index is 0.941. The van der Waals surface area contributed by atoms with Crippen molar-refractivity contribution in [2.75, 3.05) is 31.1 Å². The second-order valence-electron chi connectivity index (χ2n) is 5.79. The Kier molecular flexibility index (Phi) is 4.58. The van der Waals surface area contributed by atoms with Gasteiger partial charge in [0.05, 0.1) is 11.4 Å². The van der Waals surface area contributed by atoms with Crippen molar-refractivity contribution in [1.29, 1.82) is 0 Å². The normalized spacial score (nSPS) is 16.5. The Hall–Kier alpha value is -2.08. The van der Waals surface area contributed by atoms with Gasteiger partial charge in [-0.25, -0.2) is 0 Å². The van der Waals surface area contributed by atoms with E-state index < -0.39 is 0 Å². The fourth-order valence-corrected chi connectivity index (χ4v) is 2.82. The van der Waals surface area contributed by atoms with E-state index in [1.807, 2.05) is 26.0 Å². The van der Waals surface area contributed by atoms with Crippen molar-refractivity contribution in [2.24, 2.45) is 0 Å². The van der Waals surface area contributed by atoms with Crippen LogP contribution >= 0.6 is 0 Å². The summed E-state index contributed by atoms with van der Waals surface area (Å²) in [4.78, 5) is 4.80. The fraction of sp³-hybridized carbons (Fsp3) is 0.500. The number of anilines is 1. The molecule has 0 aromatic carbocycles. The zero-order valence-corrected chi connectivity index (χ0v) is 13.2. The summed E-state index contributed by atoms with van der Waals surface area (Å²) in [5, 5.41) is 16.5. The summed E-state index contributed by atoms with van der Waals surface area (Å²) in [6.07, 6.45) is 2.85. The second kappa shape index (κ2) is 6.79. The summed E-state index contributed by atoms with van der Waals surface area (Å²) in [5.74, 6) is 0.974. The lowest BCUT2D eigenvalue weighted by molar-refractivity contribution is 0.284. The number of hydrogen-bond donors (Lipinski definition) is 0. The largest absolute Gasteiger partial charge is 0.354 e. The van der Waals surface area contributed by atoms with Crippen LogP contribution in [0.2, 0.25) is 0 Å². The van der Waals surface area contributed by atoms with Crippen LogP contribution in [0.5, 0.6) is 0 Å². The summed E-state index contributed by atoms with van der Waals surface area (Å²) in [6, 6.07) is 6.12. The molecule has 1 aliphatic heterocycles. The predicted octanol–water partition coefficient (Wildman–Crippen LogP) is 1.60. The van der Waals surface area contributed by atoms with Gasteiger partial charge in [-0.05, 0) is 44.0 Å². The Balaban J connectivity index is 1.64. The highest BCUT2D eigenvalue weighted by molar-refractivity contribution is 5.36. The summed E-state index contributed by atoms with van der Waals surface area (Å²) in [5.41, 5.74) is 3.29. The third-order valence-corrected chi connectivity index (χ3v) is 4.07. The van der Waals surface area contributed by atoms with E-state index in [-0.39, 0.29) is 0 Å². The number of aryl methyl sites for hydroxylation is 2. The molecule has 0 spiro atoms. The van der Waals surface area contributed by atoms with Gasteiger partial charge in [0.25, 0.3) is 0 Å². The van der Waals surface area contributed by atoms with Gasteiger partial charge >= 0.3 is 0 Å². The molecule has 3 rings (SSSR count). The molecule has 0 bridgehead atoms. The van der Waals surface area contributed by atoms with Gasteiger partial charge in [-0.3, -0.25) is 4.90 Å². The van der Waals surface area contributed by atoms with Gasteiger partial charge in [-0.1, -0.05) is 0 Å². The highest BCUT2D eigenvalue weighted by atomic mass is 15.3. The van der Waals surface area contributed by atoms with Gasteiger partial charge in [0.1, 0.15) is 0 Å². The minimum atomic E-state index is 0.941. The van der Waals surface area contributed by atoms with Crippen molar-refractivity contribution in [3.63, 3.8) is 0 Å². The van der Waals surface area contributed by atoms with E-state index in [9.17, 15) is 0 Å². The Labute approximate surface area is 131 Å². The van der Waals surface area contributed by atoms with Crippen molar-refractivity contribution < 1.29 is 0 Å². The van der Waals surface area contributed by atoms with Crippen LogP contribution in [0.15, 0.2) is 24.4 Å². The van der Waals surface area contributed by atoms with Crippen LogP contribution in [-0.4, -0.2) is 51.5 Å². The van der Waals surface area contributed by atoms with Gasteiger partial charge in [-0.15, -0.1) is 5.10 Å². The Bertz CT molecular complexity index is 615.